The lowest BCUT2D eigenvalue weighted by molar-refractivity contribution is -0.142. The summed E-state index contributed by atoms with van der Waals surface area (Å²) in [5, 5.41) is 6.49. The van der Waals surface area contributed by atoms with E-state index < -0.39 is 17.4 Å². The van der Waals surface area contributed by atoms with Crippen LogP contribution in [-0.4, -0.2) is 37.5 Å². The predicted octanol–water partition coefficient (Wildman–Crippen LogP) is 1.16. The topological polar surface area (TPSA) is 98.9 Å². The number of alkyl halides is 3. The molecule has 2 aromatic rings. The molecule has 12 heteroatoms. The molecule has 1 unspecified atom stereocenters. The molecule has 0 spiro atoms. The molecule has 0 saturated carbocycles. The van der Waals surface area contributed by atoms with Crippen molar-refractivity contribution in [2.45, 2.75) is 49.6 Å². The molecule has 1 aliphatic carbocycles. The van der Waals surface area contributed by atoms with Crippen molar-refractivity contribution in [3.05, 3.63) is 49.8 Å². The molecule has 8 nitrogen and oxygen atoms in total. The summed E-state index contributed by atoms with van der Waals surface area (Å²) >= 11 is 1.43. The Morgan fingerprint density at radius 1 is 1.27 bits per heavy atom. The number of aromatic nitrogens is 4. The maximum atomic E-state index is 12.7. The molecule has 0 radical (unpaired) electrons. The molecule has 3 heterocycles. The summed E-state index contributed by atoms with van der Waals surface area (Å²) in [6.07, 6.45) is -2.21. The summed E-state index contributed by atoms with van der Waals surface area (Å²) in [5.41, 5.74) is -0.378. The Kier molecular flexibility index (Phi) is 5.43. The maximum Gasteiger partial charge on any atom is 0.435 e. The Morgan fingerprint density at radius 2 is 2.07 bits per heavy atom. The number of thioether (sulfide) groups is 1. The van der Waals surface area contributed by atoms with Gasteiger partial charge in [-0.2, -0.15) is 18.3 Å². The van der Waals surface area contributed by atoms with Gasteiger partial charge >= 0.3 is 6.18 Å². The van der Waals surface area contributed by atoms with Crippen molar-refractivity contribution in [3.63, 3.8) is 0 Å². The number of hydrogen-bond donors (Lipinski definition) is 1. The Bertz CT molecular complexity index is 1110. The van der Waals surface area contributed by atoms with Crippen LogP contribution in [0.25, 0.3) is 0 Å². The van der Waals surface area contributed by atoms with Crippen LogP contribution in [0.1, 0.15) is 35.8 Å². The number of fused-ring (bicyclic) bond motifs is 2. The number of aryl methyl sites for hydroxylation is 1. The summed E-state index contributed by atoms with van der Waals surface area (Å²) in [7, 11) is 0. The molecule has 30 heavy (non-hydrogen) atoms. The lowest BCUT2D eigenvalue weighted by Gasteiger charge is -2.14. The molecule has 2 aliphatic rings. The second kappa shape index (κ2) is 7.89. The number of carbonyl (C=O) groups excluding carboxylic acids is 1. The Morgan fingerprint density at radius 3 is 2.83 bits per heavy atom. The number of nitrogens with one attached hydrogen (secondary N) is 1. The number of amides is 1. The minimum Gasteiger partial charge on any atom is -0.354 e. The van der Waals surface area contributed by atoms with Gasteiger partial charge in [0, 0.05) is 30.3 Å². The first-order valence-corrected chi connectivity index (χ1v) is 10.4. The summed E-state index contributed by atoms with van der Waals surface area (Å²) in [4.78, 5) is 41.3. The lowest BCUT2D eigenvalue weighted by Crippen LogP contribution is -2.35. The molecule has 0 fully saturated rings. The van der Waals surface area contributed by atoms with Crippen LogP contribution in [0.4, 0.5) is 13.2 Å². The zero-order chi connectivity index (χ0) is 21.5. The highest BCUT2D eigenvalue weighted by atomic mass is 32.2. The van der Waals surface area contributed by atoms with Crippen molar-refractivity contribution in [2.75, 3.05) is 12.3 Å². The van der Waals surface area contributed by atoms with Gasteiger partial charge in [-0.15, -0.1) is 0 Å². The zero-order valence-corrected chi connectivity index (χ0v) is 16.6. The number of hydrogen-bond acceptors (Lipinski definition) is 6. The molecule has 0 saturated heterocycles. The van der Waals surface area contributed by atoms with Gasteiger partial charge in [-0.25, -0.2) is 9.67 Å². The van der Waals surface area contributed by atoms with Crippen LogP contribution in [0.15, 0.2) is 26.9 Å². The highest BCUT2D eigenvalue weighted by Crippen LogP contribution is 2.33. The minimum absolute atomic E-state index is 0.0469. The molecule has 4 rings (SSSR count). The molecule has 0 aromatic carbocycles. The second-order valence-corrected chi connectivity index (χ2v) is 8.13. The third-order valence-corrected chi connectivity index (χ3v) is 6.19. The van der Waals surface area contributed by atoms with Crippen LogP contribution < -0.4 is 16.4 Å². The molecule has 1 aliphatic heterocycles. The molecule has 160 valence electrons. The Labute approximate surface area is 172 Å². The highest BCUT2D eigenvalue weighted by molar-refractivity contribution is 7.99. The van der Waals surface area contributed by atoms with E-state index in [0.717, 1.165) is 30.2 Å². The molecule has 1 N–H and O–H groups in total. The molecular weight excluding hydrogens is 423 g/mol. The minimum atomic E-state index is -4.66. The van der Waals surface area contributed by atoms with Gasteiger partial charge in [0.05, 0.1) is 18.3 Å². The van der Waals surface area contributed by atoms with Crippen molar-refractivity contribution in [3.8, 4) is 0 Å². The Hall–Kier alpha value is -2.63. The fourth-order valence-corrected chi connectivity index (χ4v) is 4.80. The van der Waals surface area contributed by atoms with Gasteiger partial charge < -0.3 is 5.32 Å². The van der Waals surface area contributed by atoms with Gasteiger partial charge in [0.15, 0.2) is 10.9 Å². The van der Waals surface area contributed by atoms with E-state index in [0.29, 0.717) is 28.1 Å². The van der Waals surface area contributed by atoms with Gasteiger partial charge in [0.25, 0.3) is 11.1 Å². The molecular formula is C18H18F3N5O3S. The standard InChI is InChI=1S/C18H18F3N5O3S/c19-18(20,21)13-4-5-15(28)25(24-13)7-6-22-14(27)8-10-9-30-17-23-12-3-1-2-11(12)16(29)26(10)17/h4-5,10H,1-3,6-9H2,(H,22,27). The van der Waals surface area contributed by atoms with Crippen LogP contribution in [0, 0.1) is 0 Å². The fourth-order valence-electron chi connectivity index (χ4n) is 3.65. The third kappa shape index (κ3) is 4.00. The summed E-state index contributed by atoms with van der Waals surface area (Å²) in [6, 6.07) is 1.09. The van der Waals surface area contributed by atoms with E-state index in [1.165, 1.54) is 11.8 Å². The zero-order valence-electron chi connectivity index (χ0n) is 15.7. The second-order valence-electron chi connectivity index (χ2n) is 7.14. The normalized spacial score (nSPS) is 17.6. The number of carbonyl (C=O) groups is 1. The molecule has 1 amide bonds. The van der Waals surface area contributed by atoms with Gasteiger partial charge in [-0.1, -0.05) is 11.8 Å². The van der Waals surface area contributed by atoms with Crippen molar-refractivity contribution >= 4 is 17.7 Å². The first-order valence-electron chi connectivity index (χ1n) is 9.43. The van der Waals surface area contributed by atoms with Crippen molar-refractivity contribution in [1.29, 1.82) is 0 Å². The van der Waals surface area contributed by atoms with Crippen LogP contribution in [0.2, 0.25) is 0 Å². The molecule has 1 atom stereocenters. The lowest BCUT2D eigenvalue weighted by atomic mass is 10.2. The first-order chi connectivity index (χ1) is 14.2. The van der Waals surface area contributed by atoms with E-state index in [-0.39, 0.29) is 37.0 Å². The summed E-state index contributed by atoms with van der Waals surface area (Å²) in [6.45, 7) is -0.253. The largest absolute Gasteiger partial charge is 0.435 e. The van der Waals surface area contributed by atoms with Crippen LogP contribution >= 0.6 is 11.8 Å². The van der Waals surface area contributed by atoms with Crippen LogP contribution in [0.5, 0.6) is 0 Å². The van der Waals surface area contributed by atoms with E-state index in [1.807, 2.05) is 0 Å². The molecule has 0 bridgehead atoms. The Balaban J connectivity index is 1.38. The van der Waals surface area contributed by atoms with Gasteiger partial charge in [0.2, 0.25) is 5.91 Å². The van der Waals surface area contributed by atoms with Crippen molar-refractivity contribution in [2.24, 2.45) is 0 Å². The predicted molar refractivity (Wildman–Crippen MR) is 101 cm³/mol. The van der Waals surface area contributed by atoms with E-state index >= 15 is 0 Å². The monoisotopic (exact) mass is 441 g/mol. The van der Waals surface area contributed by atoms with Gasteiger partial charge in [-0.05, 0) is 25.3 Å². The smallest absolute Gasteiger partial charge is 0.354 e. The first kappa shape index (κ1) is 20.6. The van der Waals surface area contributed by atoms with Crippen molar-refractivity contribution < 1.29 is 18.0 Å². The number of nitrogens with zero attached hydrogens (tertiary/aromatic N) is 4. The highest BCUT2D eigenvalue weighted by Gasteiger charge is 2.33. The van der Waals surface area contributed by atoms with E-state index in [9.17, 15) is 27.6 Å². The van der Waals surface area contributed by atoms with Gasteiger partial charge in [-0.3, -0.25) is 19.0 Å². The fraction of sp³-hybridized carbons (Fsp3) is 0.500. The van der Waals surface area contributed by atoms with Crippen LogP contribution in [-0.2, 0) is 30.4 Å². The SMILES string of the molecule is O=C(CC1CSc2nc3c(c(=O)n21)CCC3)NCCn1nc(C(F)(F)F)ccc1=O. The quantitative estimate of drug-likeness (QED) is 0.700. The van der Waals surface area contributed by atoms with Crippen LogP contribution in [0.3, 0.4) is 0 Å². The maximum absolute atomic E-state index is 12.7. The van der Waals surface area contributed by atoms with Crippen molar-refractivity contribution in [1.82, 2.24) is 24.6 Å². The average molecular weight is 441 g/mol. The van der Waals surface area contributed by atoms with E-state index in [1.54, 1.807) is 4.57 Å². The van der Waals surface area contributed by atoms with E-state index in [4.69, 9.17) is 0 Å². The summed E-state index contributed by atoms with van der Waals surface area (Å²) in [5.74, 6) is 0.189. The summed E-state index contributed by atoms with van der Waals surface area (Å²) < 4.78 is 40.4. The third-order valence-electron chi connectivity index (χ3n) is 5.10. The van der Waals surface area contributed by atoms with Gasteiger partial charge in [0.1, 0.15) is 0 Å². The average Bonchev–Trinajstić information content (AvgIpc) is 3.30. The number of rotatable bonds is 5. The number of halogens is 3. The van der Waals surface area contributed by atoms with E-state index in [2.05, 4.69) is 15.4 Å². The molecule has 2 aromatic heterocycles.